The van der Waals surface area contributed by atoms with Crippen molar-refractivity contribution in [3.05, 3.63) is 48.2 Å². The largest absolute Gasteiger partial charge is 0.417 e. The van der Waals surface area contributed by atoms with E-state index in [1.165, 1.54) is 17.8 Å². The second-order valence-electron chi connectivity index (χ2n) is 4.39. The Morgan fingerprint density at radius 2 is 1.91 bits per heavy atom. The molecule has 0 fully saturated rings. The van der Waals surface area contributed by atoms with Crippen molar-refractivity contribution >= 4 is 23.4 Å². The van der Waals surface area contributed by atoms with Crippen LogP contribution in [0.3, 0.4) is 0 Å². The fraction of sp³-hybridized carbons (Fsp3) is 0.133. The summed E-state index contributed by atoms with van der Waals surface area (Å²) in [7, 11) is 0. The molecule has 0 unspecified atom stereocenters. The van der Waals surface area contributed by atoms with Crippen molar-refractivity contribution in [2.24, 2.45) is 0 Å². The lowest BCUT2D eigenvalue weighted by molar-refractivity contribution is -0.137. The van der Waals surface area contributed by atoms with Crippen LogP contribution in [-0.4, -0.2) is 10.9 Å². The number of benzene rings is 1. The van der Waals surface area contributed by atoms with Gasteiger partial charge in [0, 0.05) is 16.8 Å². The molecule has 23 heavy (non-hydrogen) atoms. The summed E-state index contributed by atoms with van der Waals surface area (Å²) in [5.74, 6) is -0.405. The number of carbonyl (C=O) groups excluding carboxylic acids is 1. The third-order valence-electron chi connectivity index (χ3n) is 2.66. The normalized spacial score (nSPS) is 10.9. The van der Waals surface area contributed by atoms with Gasteiger partial charge in [-0.25, -0.2) is 4.98 Å². The SMILES string of the molecule is N#CCC(=O)Nc1ccc(Sc2ccc(C(F)(F)F)cn2)cc1. The molecule has 0 atom stereocenters. The Morgan fingerprint density at radius 3 is 2.43 bits per heavy atom. The van der Waals surface area contributed by atoms with E-state index in [0.29, 0.717) is 10.7 Å². The number of aromatic nitrogens is 1. The van der Waals surface area contributed by atoms with Gasteiger partial charge < -0.3 is 5.32 Å². The van der Waals surface area contributed by atoms with Crippen LogP contribution in [0.4, 0.5) is 18.9 Å². The smallest absolute Gasteiger partial charge is 0.325 e. The Bertz CT molecular complexity index is 722. The molecule has 0 spiro atoms. The first-order valence-corrected chi connectivity index (χ1v) is 7.18. The van der Waals surface area contributed by atoms with Crippen molar-refractivity contribution in [1.29, 1.82) is 5.26 Å². The maximum Gasteiger partial charge on any atom is 0.417 e. The summed E-state index contributed by atoms with van der Waals surface area (Å²) in [5.41, 5.74) is -0.257. The van der Waals surface area contributed by atoms with Crippen molar-refractivity contribution in [3.63, 3.8) is 0 Å². The summed E-state index contributed by atoms with van der Waals surface area (Å²) in [6.07, 6.45) is -3.84. The van der Waals surface area contributed by atoms with E-state index in [0.717, 1.165) is 17.2 Å². The van der Waals surface area contributed by atoms with Gasteiger partial charge in [0.2, 0.25) is 5.91 Å². The molecular formula is C15H10F3N3OS. The van der Waals surface area contributed by atoms with E-state index < -0.39 is 17.6 Å². The predicted octanol–water partition coefficient (Wildman–Crippen LogP) is 4.10. The first-order valence-electron chi connectivity index (χ1n) is 6.36. The van der Waals surface area contributed by atoms with Crippen molar-refractivity contribution < 1.29 is 18.0 Å². The Morgan fingerprint density at radius 1 is 1.22 bits per heavy atom. The molecule has 0 aliphatic heterocycles. The number of amides is 1. The minimum Gasteiger partial charge on any atom is -0.325 e. The van der Waals surface area contributed by atoms with Gasteiger partial charge in [0.1, 0.15) is 11.4 Å². The molecule has 0 aliphatic carbocycles. The Kier molecular flexibility index (Phi) is 5.24. The second-order valence-corrected chi connectivity index (χ2v) is 5.49. The average Bonchev–Trinajstić information content (AvgIpc) is 2.49. The van der Waals surface area contributed by atoms with Crippen molar-refractivity contribution in [1.82, 2.24) is 4.98 Å². The van der Waals surface area contributed by atoms with Crippen molar-refractivity contribution in [2.75, 3.05) is 5.32 Å². The molecule has 1 aromatic carbocycles. The van der Waals surface area contributed by atoms with Gasteiger partial charge in [0.15, 0.2) is 0 Å². The molecular weight excluding hydrogens is 327 g/mol. The zero-order chi connectivity index (χ0) is 16.9. The van der Waals surface area contributed by atoms with E-state index >= 15 is 0 Å². The third-order valence-corrected chi connectivity index (χ3v) is 3.62. The van der Waals surface area contributed by atoms with Gasteiger partial charge in [-0.3, -0.25) is 4.79 Å². The summed E-state index contributed by atoms with van der Waals surface area (Å²) in [5, 5.41) is 11.4. The minimum atomic E-state index is -4.40. The molecule has 2 rings (SSSR count). The molecule has 4 nitrogen and oxygen atoms in total. The number of nitriles is 1. The monoisotopic (exact) mass is 337 g/mol. The van der Waals surface area contributed by atoms with Crippen LogP contribution in [0, 0.1) is 11.3 Å². The molecule has 0 bridgehead atoms. The third kappa shape index (κ3) is 5.00. The lowest BCUT2D eigenvalue weighted by Crippen LogP contribution is -2.09. The lowest BCUT2D eigenvalue weighted by Gasteiger charge is -2.07. The van der Waals surface area contributed by atoms with Gasteiger partial charge in [-0.1, -0.05) is 11.8 Å². The molecule has 1 amide bonds. The van der Waals surface area contributed by atoms with E-state index in [1.54, 1.807) is 30.3 Å². The predicted molar refractivity (Wildman–Crippen MR) is 78.7 cm³/mol. The highest BCUT2D eigenvalue weighted by molar-refractivity contribution is 7.99. The van der Waals surface area contributed by atoms with Crippen LogP contribution >= 0.6 is 11.8 Å². The molecule has 2 aromatic rings. The number of carbonyl (C=O) groups is 1. The van der Waals surface area contributed by atoms with E-state index in [2.05, 4.69) is 10.3 Å². The molecule has 0 radical (unpaired) electrons. The number of nitrogens with one attached hydrogen (secondary N) is 1. The van der Waals surface area contributed by atoms with Crippen LogP contribution in [0.15, 0.2) is 52.5 Å². The number of hydrogen-bond acceptors (Lipinski definition) is 4. The number of rotatable bonds is 4. The Balaban J connectivity index is 2.01. The highest BCUT2D eigenvalue weighted by Crippen LogP contribution is 2.31. The molecule has 0 saturated heterocycles. The lowest BCUT2D eigenvalue weighted by atomic mass is 10.3. The number of anilines is 1. The fourth-order valence-corrected chi connectivity index (χ4v) is 2.37. The molecule has 1 aromatic heterocycles. The second kappa shape index (κ2) is 7.15. The van der Waals surface area contributed by atoms with E-state index in [9.17, 15) is 18.0 Å². The van der Waals surface area contributed by atoms with Gasteiger partial charge in [0.05, 0.1) is 11.6 Å². The van der Waals surface area contributed by atoms with E-state index in [-0.39, 0.29) is 6.42 Å². The maximum atomic E-state index is 12.4. The zero-order valence-corrected chi connectivity index (χ0v) is 12.4. The van der Waals surface area contributed by atoms with Crippen LogP contribution < -0.4 is 5.32 Å². The summed E-state index contributed by atoms with van der Waals surface area (Å²) in [6.45, 7) is 0. The first-order chi connectivity index (χ1) is 10.9. The highest BCUT2D eigenvalue weighted by atomic mass is 32.2. The minimum absolute atomic E-state index is 0.230. The molecule has 0 saturated carbocycles. The molecule has 1 N–H and O–H groups in total. The summed E-state index contributed by atoms with van der Waals surface area (Å²) in [6, 6.07) is 10.7. The van der Waals surface area contributed by atoms with Gasteiger partial charge in [0.25, 0.3) is 0 Å². The average molecular weight is 337 g/mol. The summed E-state index contributed by atoms with van der Waals surface area (Å²) < 4.78 is 37.3. The van der Waals surface area contributed by atoms with Crippen LogP contribution in [0.5, 0.6) is 0 Å². The molecule has 0 aliphatic rings. The molecule has 118 valence electrons. The van der Waals surface area contributed by atoms with Crippen molar-refractivity contribution in [3.8, 4) is 6.07 Å². The Hall–Kier alpha value is -2.53. The van der Waals surface area contributed by atoms with Gasteiger partial charge >= 0.3 is 6.18 Å². The van der Waals surface area contributed by atoms with Crippen LogP contribution in [0.2, 0.25) is 0 Å². The van der Waals surface area contributed by atoms with Gasteiger partial charge in [-0.15, -0.1) is 0 Å². The number of alkyl halides is 3. The van der Waals surface area contributed by atoms with Gasteiger partial charge in [-0.05, 0) is 36.4 Å². The maximum absolute atomic E-state index is 12.4. The van der Waals surface area contributed by atoms with Gasteiger partial charge in [-0.2, -0.15) is 18.4 Å². The number of nitrogens with zero attached hydrogens (tertiary/aromatic N) is 2. The van der Waals surface area contributed by atoms with Crippen molar-refractivity contribution in [2.45, 2.75) is 22.5 Å². The topological polar surface area (TPSA) is 65.8 Å². The Labute approximate surface area is 134 Å². The zero-order valence-electron chi connectivity index (χ0n) is 11.6. The fourth-order valence-electron chi connectivity index (χ4n) is 1.61. The number of pyridine rings is 1. The molecule has 1 heterocycles. The number of halogens is 3. The van der Waals surface area contributed by atoms with Crippen LogP contribution in [0.25, 0.3) is 0 Å². The standard InChI is InChI=1S/C15H10F3N3OS/c16-15(17,18)10-1-6-14(20-9-10)23-12-4-2-11(3-5-12)21-13(22)7-8-19/h1-6,9H,7H2,(H,21,22). The summed E-state index contributed by atoms with van der Waals surface area (Å²) >= 11 is 1.20. The quantitative estimate of drug-likeness (QED) is 0.912. The molecule has 8 heteroatoms. The highest BCUT2D eigenvalue weighted by Gasteiger charge is 2.30. The first kappa shape index (κ1) is 16.8. The number of hydrogen-bond donors (Lipinski definition) is 1. The summed E-state index contributed by atoms with van der Waals surface area (Å²) in [4.78, 5) is 15.8. The van der Waals surface area contributed by atoms with E-state index in [4.69, 9.17) is 5.26 Å². The van der Waals surface area contributed by atoms with E-state index in [1.807, 2.05) is 0 Å². The van der Waals surface area contributed by atoms with Crippen LogP contribution in [-0.2, 0) is 11.0 Å². The van der Waals surface area contributed by atoms with Crippen LogP contribution in [0.1, 0.15) is 12.0 Å².